The van der Waals surface area contributed by atoms with Gasteiger partial charge >= 0.3 is 0 Å². The fourth-order valence-electron chi connectivity index (χ4n) is 2.58. The second kappa shape index (κ2) is 4.67. The maximum Gasteiger partial charge on any atom is 0.108 e. The van der Waals surface area contributed by atoms with Crippen LogP contribution in [-0.4, -0.2) is 0 Å². The predicted molar refractivity (Wildman–Crippen MR) is 70.3 cm³/mol. The zero-order valence-corrected chi connectivity index (χ0v) is 10.8. The number of hydrogen-bond acceptors (Lipinski definition) is 3. The highest BCUT2D eigenvalue weighted by atomic mass is 32.1. The average Bonchev–Trinajstić information content (AvgIpc) is 3.00. The van der Waals surface area contributed by atoms with Crippen LogP contribution in [0, 0.1) is 0 Å². The lowest BCUT2D eigenvalue weighted by molar-refractivity contribution is 0.387. The van der Waals surface area contributed by atoms with Crippen molar-refractivity contribution in [1.29, 1.82) is 0 Å². The molecule has 1 unspecified atom stereocenters. The molecule has 0 spiro atoms. The van der Waals surface area contributed by atoms with Gasteiger partial charge in [0, 0.05) is 28.9 Å². The summed E-state index contributed by atoms with van der Waals surface area (Å²) in [7, 11) is 0. The highest BCUT2D eigenvalue weighted by Crippen LogP contribution is 2.32. The molecule has 2 heterocycles. The summed E-state index contributed by atoms with van der Waals surface area (Å²) >= 11 is 1.82. The SMILES string of the molecule is C[C@@H](NC1CCCc2occc21)c1cccs1. The Bertz CT molecular complexity index is 474. The topological polar surface area (TPSA) is 25.2 Å². The van der Waals surface area contributed by atoms with Crippen molar-refractivity contribution < 1.29 is 4.42 Å². The van der Waals surface area contributed by atoms with Crippen LogP contribution in [0.5, 0.6) is 0 Å². The molecule has 0 aromatic carbocycles. The Hall–Kier alpha value is -1.06. The summed E-state index contributed by atoms with van der Waals surface area (Å²) in [6.07, 6.45) is 5.34. The standard InChI is InChI=1S/C14H17NOS/c1-10(14-6-3-9-17-14)15-12-4-2-5-13-11(12)7-8-16-13/h3,6-10,12,15H,2,4-5H2,1H3/t10-,12?/m1/s1. The zero-order valence-electron chi connectivity index (χ0n) is 9.98. The van der Waals surface area contributed by atoms with Crippen molar-refractivity contribution in [2.75, 3.05) is 0 Å². The van der Waals surface area contributed by atoms with E-state index < -0.39 is 0 Å². The molecule has 0 amide bonds. The molecule has 2 atom stereocenters. The van der Waals surface area contributed by atoms with Gasteiger partial charge in [-0.3, -0.25) is 0 Å². The van der Waals surface area contributed by atoms with Gasteiger partial charge in [0.15, 0.2) is 0 Å². The highest BCUT2D eigenvalue weighted by molar-refractivity contribution is 7.10. The highest BCUT2D eigenvalue weighted by Gasteiger charge is 2.24. The lowest BCUT2D eigenvalue weighted by Gasteiger charge is -2.26. The minimum absolute atomic E-state index is 0.417. The Balaban J connectivity index is 1.75. The van der Waals surface area contributed by atoms with E-state index in [2.05, 4.69) is 35.8 Å². The third-order valence-corrected chi connectivity index (χ3v) is 4.53. The molecule has 1 aliphatic carbocycles. The lowest BCUT2D eigenvalue weighted by Crippen LogP contribution is -2.26. The van der Waals surface area contributed by atoms with Crippen molar-refractivity contribution in [3.05, 3.63) is 46.0 Å². The molecule has 90 valence electrons. The molecule has 2 aromatic rings. The Kier molecular flexibility index (Phi) is 3.04. The van der Waals surface area contributed by atoms with Crippen LogP contribution in [0.4, 0.5) is 0 Å². The summed E-state index contributed by atoms with van der Waals surface area (Å²) in [6, 6.07) is 7.30. The number of nitrogens with one attached hydrogen (secondary N) is 1. The van der Waals surface area contributed by atoms with Gasteiger partial charge in [0.2, 0.25) is 0 Å². The van der Waals surface area contributed by atoms with Crippen molar-refractivity contribution in [3.63, 3.8) is 0 Å². The van der Waals surface area contributed by atoms with Crippen molar-refractivity contribution >= 4 is 11.3 Å². The zero-order chi connectivity index (χ0) is 11.7. The molecule has 2 nitrogen and oxygen atoms in total. The molecule has 3 heteroatoms. The van der Waals surface area contributed by atoms with Gasteiger partial charge in [0.05, 0.1) is 6.26 Å². The Labute approximate surface area is 106 Å². The molecular weight excluding hydrogens is 230 g/mol. The smallest absolute Gasteiger partial charge is 0.108 e. The summed E-state index contributed by atoms with van der Waals surface area (Å²) in [4.78, 5) is 1.40. The third-order valence-electron chi connectivity index (χ3n) is 3.47. The molecular formula is C14H17NOS. The monoisotopic (exact) mass is 247 g/mol. The predicted octanol–water partition coefficient (Wildman–Crippen LogP) is 4.07. The summed E-state index contributed by atoms with van der Waals surface area (Å²) in [5.41, 5.74) is 1.36. The summed E-state index contributed by atoms with van der Waals surface area (Å²) in [5.74, 6) is 1.17. The summed E-state index contributed by atoms with van der Waals surface area (Å²) in [6.45, 7) is 2.24. The molecule has 0 radical (unpaired) electrons. The Morgan fingerprint density at radius 1 is 1.47 bits per heavy atom. The Morgan fingerprint density at radius 3 is 3.24 bits per heavy atom. The van der Waals surface area contributed by atoms with E-state index in [0.29, 0.717) is 12.1 Å². The van der Waals surface area contributed by atoms with E-state index in [9.17, 15) is 0 Å². The first-order valence-corrected chi connectivity index (χ1v) is 7.08. The van der Waals surface area contributed by atoms with E-state index in [1.54, 1.807) is 0 Å². The van der Waals surface area contributed by atoms with Gasteiger partial charge in [-0.25, -0.2) is 0 Å². The van der Waals surface area contributed by atoms with Crippen molar-refractivity contribution in [3.8, 4) is 0 Å². The molecule has 3 rings (SSSR count). The van der Waals surface area contributed by atoms with Crippen molar-refractivity contribution in [2.45, 2.75) is 38.3 Å². The summed E-state index contributed by atoms with van der Waals surface area (Å²) < 4.78 is 5.52. The van der Waals surface area contributed by atoms with Crippen LogP contribution in [0.3, 0.4) is 0 Å². The van der Waals surface area contributed by atoms with Gasteiger partial charge in [-0.1, -0.05) is 6.07 Å². The van der Waals surface area contributed by atoms with Gasteiger partial charge in [0.25, 0.3) is 0 Å². The van der Waals surface area contributed by atoms with Crippen LogP contribution in [0.25, 0.3) is 0 Å². The molecule has 0 fully saturated rings. The molecule has 0 bridgehead atoms. The van der Waals surface area contributed by atoms with Gasteiger partial charge in [0.1, 0.15) is 5.76 Å². The third kappa shape index (κ3) is 2.17. The van der Waals surface area contributed by atoms with E-state index in [4.69, 9.17) is 4.42 Å². The number of rotatable bonds is 3. The first-order chi connectivity index (χ1) is 8.34. The van der Waals surface area contributed by atoms with Gasteiger partial charge in [-0.2, -0.15) is 0 Å². The first kappa shape index (κ1) is 11.1. The van der Waals surface area contributed by atoms with E-state index in [1.807, 2.05) is 17.6 Å². The quantitative estimate of drug-likeness (QED) is 0.884. The molecule has 0 aliphatic heterocycles. The average molecular weight is 247 g/mol. The largest absolute Gasteiger partial charge is 0.469 e. The van der Waals surface area contributed by atoms with Crippen LogP contribution >= 0.6 is 11.3 Å². The number of thiophene rings is 1. The number of hydrogen-bond donors (Lipinski definition) is 1. The van der Waals surface area contributed by atoms with Crippen LogP contribution in [-0.2, 0) is 6.42 Å². The normalized spacial score (nSPS) is 21.1. The lowest BCUT2D eigenvalue weighted by atomic mass is 9.93. The van der Waals surface area contributed by atoms with E-state index >= 15 is 0 Å². The number of fused-ring (bicyclic) bond motifs is 1. The minimum atomic E-state index is 0.417. The second-order valence-corrected chi connectivity index (χ2v) is 5.63. The maximum atomic E-state index is 5.52. The number of furan rings is 1. The van der Waals surface area contributed by atoms with Crippen molar-refractivity contribution in [2.24, 2.45) is 0 Å². The molecule has 0 saturated heterocycles. The minimum Gasteiger partial charge on any atom is -0.469 e. The molecule has 17 heavy (non-hydrogen) atoms. The van der Waals surface area contributed by atoms with Gasteiger partial charge in [-0.05, 0) is 37.3 Å². The fourth-order valence-corrected chi connectivity index (χ4v) is 3.32. The first-order valence-electron chi connectivity index (χ1n) is 6.20. The summed E-state index contributed by atoms with van der Waals surface area (Å²) in [5, 5.41) is 5.85. The second-order valence-electron chi connectivity index (χ2n) is 4.65. The van der Waals surface area contributed by atoms with E-state index in [-0.39, 0.29) is 0 Å². The number of aryl methyl sites for hydroxylation is 1. The van der Waals surface area contributed by atoms with Crippen molar-refractivity contribution in [1.82, 2.24) is 5.32 Å². The van der Waals surface area contributed by atoms with E-state index in [0.717, 1.165) is 6.42 Å². The fraction of sp³-hybridized carbons (Fsp3) is 0.429. The van der Waals surface area contributed by atoms with Gasteiger partial charge in [-0.15, -0.1) is 11.3 Å². The van der Waals surface area contributed by atoms with E-state index in [1.165, 1.54) is 29.0 Å². The van der Waals surface area contributed by atoms with Crippen LogP contribution in [0.15, 0.2) is 34.3 Å². The molecule has 2 aromatic heterocycles. The maximum absolute atomic E-state index is 5.52. The van der Waals surface area contributed by atoms with Crippen LogP contribution in [0.2, 0.25) is 0 Å². The van der Waals surface area contributed by atoms with Crippen LogP contribution in [0.1, 0.15) is 48.0 Å². The van der Waals surface area contributed by atoms with Crippen LogP contribution < -0.4 is 5.32 Å². The molecule has 0 saturated carbocycles. The molecule has 1 N–H and O–H groups in total. The molecule has 1 aliphatic rings. The van der Waals surface area contributed by atoms with Gasteiger partial charge < -0.3 is 9.73 Å². The Morgan fingerprint density at radius 2 is 2.41 bits per heavy atom.